The number of amides is 1. The molecule has 30 heavy (non-hydrogen) atoms. The molecule has 0 N–H and O–H groups in total. The molecule has 2 aromatic rings. The highest BCUT2D eigenvalue weighted by Gasteiger charge is 2.31. The third kappa shape index (κ3) is 4.05. The second kappa shape index (κ2) is 8.71. The molecule has 1 fully saturated rings. The average Bonchev–Trinajstić information content (AvgIpc) is 3.17. The predicted octanol–water partition coefficient (Wildman–Crippen LogP) is 2.76. The van der Waals surface area contributed by atoms with Crippen molar-refractivity contribution in [3.8, 4) is 5.75 Å². The third-order valence-electron chi connectivity index (χ3n) is 5.77. The van der Waals surface area contributed by atoms with Gasteiger partial charge in [0.1, 0.15) is 5.75 Å². The summed E-state index contributed by atoms with van der Waals surface area (Å²) in [5.41, 5.74) is 1.83. The van der Waals surface area contributed by atoms with Crippen LogP contribution in [0.25, 0.3) is 0 Å². The van der Waals surface area contributed by atoms with Gasteiger partial charge in [-0.15, -0.1) is 0 Å². The Hall–Kier alpha value is -2.48. The number of nitrogens with zero attached hydrogens (tertiary/aromatic N) is 4. The Morgan fingerprint density at radius 1 is 1.23 bits per heavy atom. The number of methoxy groups -OCH3 is 1. The Morgan fingerprint density at radius 2 is 1.97 bits per heavy atom. The summed E-state index contributed by atoms with van der Waals surface area (Å²) < 4.78 is 7.17. The van der Waals surface area contributed by atoms with E-state index in [1.165, 1.54) is 0 Å². The molecule has 0 bridgehead atoms. The smallest absolute Gasteiger partial charge is 0.254 e. The molecule has 0 aliphatic carbocycles. The van der Waals surface area contributed by atoms with Crippen LogP contribution in [-0.2, 0) is 4.79 Å². The van der Waals surface area contributed by atoms with Gasteiger partial charge in [-0.05, 0) is 18.1 Å². The Kier molecular flexibility index (Phi) is 6.04. The molecular formula is C22H28N4O3S. The van der Waals surface area contributed by atoms with Crippen LogP contribution in [0, 0.1) is 0 Å². The standard InChI is InChI=1S/C22H28N4O3S/c1-15(2)17-13-21(28)26-16(14-30-22(26)23-17)12-20(27)25-10-8-24(9-11-25)18-6-4-5-7-19(18)29-3/h4-7,13,15-16H,8-12,14H2,1-3H3. The Balaban J connectivity index is 1.39. The lowest BCUT2D eigenvalue weighted by molar-refractivity contribution is -0.132. The number of carbonyl (C=O) groups excluding carboxylic acids is 1. The molecule has 1 aromatic heterocycles. The zero-order valence-electron chi connectivity index (χ0n) is 17.7. The van der Waals surface area contributed by atoms with Crippen LogP contribution < -0.4 is 15.2 Å². The van der Waals surface area contributed by atoms with E-state index in [0.717, 1.165) is 41.1 Å². The summed E-state index contributed by atoms with van der Waals surface area (Å²) in [5, 5.41) is 0.741. The van der Waals surface area contributed by atoms with Crippen molar-refractivity contribution in [3.63, 3.8) is 0 Å². The number of piperazine rings is 1. The van der Waals surface area contributed by atoms with Crippen LogP contribution in [0.1, 0.15) is 37.9 Å². The highest BCUT2D eigenvalue weighted by Crippen LogP contribution is 2.33. The average molecular weight is 429 g/mol. The van der Waals surface area contributed by atoms with Gasteiger partial charge in [0.25, 0.3) is 5.56 Å². The molecule has 0 radical (unpaired) electrons. The minimum absolute atomic E-state index is 0.0486. The summed E-state index contributed by atoms with van der Waals surface area (Å²) in [7, 11) is 1.68. The number of benzene rings is 1. The van der Waals surface area contributed by atoms with Gasteiger partial charge in [0, 0.05) is 44.4 Å². The van der Waals surface area contributed by atoms with Crippen LogP contribution in [0.5, 0.6) is 5.75 Å². The second-order valence-electron chi connectivity index (χ2n) is 8.04. The van der Waals surface area contributed by atoms with Crippen molar-refractivity contribution in [3.05, 3.63) is 46.4 Å². The lowest BCUT2D eigenvalue weighted by Crippen LogP contribution is -2.49. The van der Waals surface area contributed by atoms with E-state index < -0.39 is 0 Å². The van der Waals surface area contributed by atoms with E-state index in [0.29, 0.717) is 19.5 Å². The molecular weight excluding hydrogens is 400 g/mol. The molecule has 7 nitrogen and oxygen atoms in total. The topological polar surface area (TPSA) is 67.7 Å². The molecule has 0 spiro atoms. The fourth-order valence-corrected chi connectivity index (χ4v) is 5.19. The van der Waals surface area contributed by atoms with E-state index in [1.807, 2.05) is 43.0 Å². The van der Waals surface area contributed by atoms with Gasteiger partial charge in [-0.2, -0.15) is 0 Å². The third-order valence-corrected chi connectivity index (χ3v) is 6.87. The van der Waals surface area contributed by atoms with E-state index in [9.17, 15) is 9.59 Å². The van der Waals surface area contributed by atoms with Crippen LogP contribution in [0.4, 0.5) is 5.69 Å². The maximum absolute atomic E-state index is 13.0. The van der Waals surface area contributed by atoms with E-state index >= 15 is 0 Å². The first kappa shape index (κ1) is 20.8. The summed E-state index contributed by atoms with van der Waals surface area (Å²) in [6, 6.07) is 9.46. The summed E-state index contributed by atoms with van der Waals surface area (Å²) in [6.45, 7) is 6.93. The Labute approximate surface area is 181 Å². The number of hydrogen-bond acceptors (Lipinski definition) is 6. The Morgan fingerprint density at radius 3 is 2.67 bits per heavy atom. The minimum atomic E-state index is -0.119. The first-order valence-corrected chi connectivity index (χ1v) is 11.4. The van der Waals surface area contributed by atoms with Crippen molar-refractivity contribution in [1.29, 1.82) is 0 Å². The van der Waals surface area contributed by atoms with Gasteiger partial charge >= 0.3 is 0 Å². The summed E-state index contributed by atoms with van der Waals surface area (Å²) in [4.78, 5) is 34.4. The molecule has 8 heteroatoms. The minimum Gasteiger partial charge on any atom is -0.495 e. The van der Waals surface area contributed by atoms with Gasteiger partial charge in [0.15, 0.2) is 5.16 Å². The van der Waals surface area contributed by atoms with Gasteiger partial charge < -0.3 is 14.5 Å². The maximum Gasteiger partial charge on any atom is 0.254 e. The number of rotatable bonds is 5. The first-order chi connectivity index (χ1) is 14.5. The number of para-hydroxylation sites is 2. The molecule has 3 heterocycles. The van der Waals surface area contributed by atoms with E-state index in [2.05, 4.69) is 9.88 Å². The van der Waals surface area contributed by atoms with Crippen molar-refractivity contribution in [2.24, 2.45) is 0 Å². The molecule has 1 amide bonds. The van der Waals surface area contributed by atoms with Gasteiger partial charge in [0.05, 0.1) is 24.5 Å². The van der Waals surface area contributed by atoms with Crippen molar-refractivity contribution in [2.75, 3.05) is 43.9 Å². The van der Waals surface area contributed by atoms with E-state index in [4.69, 9.17) is 4.74 Å². The van der Waals surface area contributed by atoms with E-state index in [-0.39, 0.29) is 23.4 Å². The van der Waals surface area contributed by atoms with Gasteiger partial charge in [-0.3, -0.25) is 14.2 Å². The van der Waals surface area contributed by atoms with E-state index in [1.54, 1.807) is 29.5 Å². The zero-order chi connectivity index (χ0) is 21.3. The van der Waals surface area contributed by atoms with Gasteiger partial charge in [-0.1, -0.05) is 37.7 Å². The SMILES string of the molecule is COc1ccccc1N1CCN(C(=O)CC2CSc3nc(C(C)C)cc(=O)n32)CC1. The number of carbonyl (C=O) groups is 1. The number of hydrogen-bond donors (Lipinski definition) is 0. The number of fused-ring (bicyclic) bond motifs is 1. The van der Waals surface area contributed by atoms with Crippen LogP contribution in [0.15, 0.2) is 40.3 Å². The maximum atomic E-state index is 13.0. The first-order valence-electron chi connectivity index (χ1n) is 10.4. The molecule has 4 rings (SSSR count). The predicted molar refractivity (Wildman–Crippen MR) is 119 cm³/mol. The summed E-state index contributed by atoms with van der Waals surface area (Å²) >= 11 is 1.57. The van der Waals surface area contributed by atoms with Crippen molar-refractivity contribution < 1.29 is 9.53 Å². The van der Waals surface area contributed by atoms with Crippen molar-refractivity contribution in [2.45, 2.75) is 37.4 Å². The molecule has 2 aliphatic heterocycles. The largest absolute Gasteiger partial charge is 0.495 e. The lowest BCUT2D eigenvalue weighted by atomic mass is 10.1. The molecule has 160 valence electrons. The van der Waals surface area contributed by atoms with Crippen LogP contribution in [0.3, 0.4) is 0 Å². The van der Waals surface area contributed by atoms with Crippen molar-refractivity contribution in [1.82, 2.24) is 14.5 Å². The number of anilines is 1. The molecule has 1 saturated heterocycles. The number of aromatic nitrogens is 2. The number of ether oxygens (including phenoxy) is 1. The summed E-state index contributed by atoms with van der Waals surface area (Å²) in [5.74, 6) is 1.89. The van der Waals surface area contributed by atoms with Crippen LogP contribution in [0.2, 0.25) is 0 Å². The fourth-order valence-electron chi connectivity index (χ4n) is 4.03. The van der Waals surface area contributed by atoms with Crippen LogP contribution >= 0.6 is 11.8 Å². The quantitative estimate of drug-likeness (QED) is 0.683. The van der Waals surface area contributed by atoms with Crippen LogP contribution in [-0.4, -0.2) is 59.4 Å². The molecule has 1 unspecified atom stereocenters. The van der Waals surface area contributed by atoms with Crippen molar-refractivity contribution >= 4 is 23.4 Å². The second-order valence-corrected chi connectivity index (χ2v) is 9.02. The normalized spacial score (nSPS) is 18.6. The van der Waals surface area contributed by atoms with Gasteiger partial charge in [0.2, 0.25) is 5.91 Å². The molecule has 1 aromatic carbocycles. The monoisotopic (exact) mass is 428 g/mol. The highest BCUT2D eigenvalue weighted by molar-refractivity contribution is 7.99. The zero-order valence-corrected chi connectivity index (χ0v) is 18.5. The Bertz CT molecular complexity index is 983. The number of thioether (sulfide) groups is 1. The molecule has 1 atom stereocenters. The molecule has 0 saturated carbocycles. The summed E-state index contributed by atoms with van der Waals surface area (Å²) in [6.07, 6.45) is 0.345. The molecule has 2 aliphatic rings. The highest BCUT2D eigenvalue weighted by atomic mass is 32.2. The lowest BCUT2D eigenvalue weighted by Gasteiger charge is -2.37. The fraction of sp³-hybridized carbons (Fsp3) is 0.500. The van der Waals surface area contributed by atoms with Gasteiger partial charge in [-0.25, -0.2) is 4.98 Å².